The van der Waals surface area contributed by atoms with Crippen LogP contribution in [0, 0.1) is 18.3 Å². The van der Waals surface area contributed by atoms with E-state index in [-0.39, 0.29) is 11.7 Å². The summed E-state index contributed by atoms with van der Waals surface area (Å²) in [6.07, 6.45) is 0. The van der Waals surface area contributed by atoms with E-state index >= 15 is 0 Å². The molecule has 1 aromatic carbocycles. The van der Waals surface area contributed by atoms with E-state index in [1.54, 1.807) is 30.0 Å². The fourth-order valence-corrected chi connectivity index (χ4v) is 5.26. The van der Waals surface area contributed by atoms with E-state index < -0.39 is 0 Å². The molecule has 2 aromatic rings. The molecule has 5 heteroatoms. The lowest BCUT2D eigenvalue weighted by molar-refractivity contribution is -0.113. The van der Waals surface area contributed by atoms with Gasteiger partial charge in [-0.25, -0.2) is 0 Å². The summed E-state index contributed by atoms with van der Waals surface area (Å²) >= 11 is 3.22. The SMILES string of the molecule is CC(=O)C1=C(C)NC(SCc2ccccc2)=C(C#N)C1c1sccc1C. The molecule has 1 aliphatic rings. The Bertz CT molecular complexity index is 932. The second-order valence-electron chi connectivity index (χ2n) is 6.25. The maximum absolute atomic E-state index is 12.3. The Hall–Kier alpha value is -2.29. The molecule has 132 valence electrons. The van der Waals surface area contributed by atoms with Crippen LogP contribution in [0.1, 0.15) is 35.8 Å². The third-order valence-corrected chi connectivity index (χ3v) is 6.59. The van der Waals surface area contributed by atoms with Gasteiger partial charge in [-0.2, -0.15) is 5.26 Å². The third kappa shape index (κ3) is 3.62. The number of thioether (sulfide) groups is 1. The highest BCUT2D eigenvalue weighted by atomic mass is 32.2. The number of ketones is 1. The number of Topliss-reactive ketones (excluding diaryl/α,β-unsaturated/α-hetero) is 1. The van der Waals surface area contributed by atoms with Crippen LogP contribution < -0.4 is 5.32 Å². The molecule has 1 unspecified atom stereocenters. The topological polar surface area (TPSA) is 52.9 Å². The normalized spacial score (nSPS) is 17.1. The predicted octanol–water partition coefficient (Wildman–Crippen LogP) is 5.27. The molecule has 0 saturated carbocycles. The summed E-state index contributed by atoms with van der Waals surface area (Å²) in [5.74, 6) is 0.498. The smallest absolute Gasteiger partial charge is 0.158 e. The van der Waals surface area contributed by atoms with E-state index in [2.05, 4.69) is 23.5 Å². The number of hydrogen-bond donors (Lipinski definition) is 1. The number of nitrogens with one attached hydrogen (secondary N) is 1. The summed E-state index contributed by atoms with van der Waals surface area (Å²) in [6.45, 7) is 5.53. The van der Waals surface area contributed by atoms with Crippen molar-refractivity contribution < 1.29 is 4.79 Å². The van der Waals surface area contributed by atoms with Crippen LogP contribution in [-0.2, 0) is 10.5 Å². The number of benzene rings is 1. The van der Waals surface area contributed by atoms with Crippen LogP contribution in [-0.4, -0.2) is 5.78 Å². The van der Waals surface area contributed by atoms with Crippen molar-refractivity contribution in [1.82, 2.24) is 5.32 Å². The Balaban J connectivity index is 2.02. The number of carbonyl (C=O) groups is 1. The van der Waals surface area contributed by atoms with E-state index in [0.29, 0.717) is 11.1 Å². The molecular weight excluding hydrogens is 360 g/mol. The highest BCUT2D eigenvalue weighted by molar-refractivity contribution is 8.02. The van der Waals surface area contributed by atoms with Crippen molar-refractivity contribution in [3.63, 3.8) is 0 Å². The summed E-state index contributed by atoms with van der Waals surface area (Å²) in [6, 6.07) is 14.6. The van der Waals surface area contributed by atoms with Gasteiger partial charge < -0.3 is 5.32 Å². The van der Waals surface area contributed by atoms with Crippen molar-refractivity contribution in [1.29, 1.82) is 5.26 Å². The molecule has 0 fully saturated rings. The number of hydrogen-bond acceptors (Lipinski definition) is 5. The largest absolute Gasteiger partial charge is 0.353 e. The zero-order valence-electron chi connectivity index (χ0n) is 15.0. The fraction of sp³-hybridized carbons (Fsp3) is 0.238. The minimum Gasteiger partial charge on any atom is -0.353 e. The Kier molecular flexibility index (Phi) is 5.65. The fourth-order valence-electron chi connectivity index (χ4n) is 3.17. The molecule has 0 amide bonds. The third-order valence-electron chi connectivity index (χ3n) is 4.42. The molecule has 3 nitrogen and oxygen atoms in total. The maximum Gasteiger partial charge on any atom is 0.158 e. The highest BCUT2D eigenvalue weighted by Gasteiger charge is 2.34. The zero-order chi connectivity index (χ0) is 18.7. The summed E-state index contributed by atoms with van der Waals surface area (Å²) in [5, 5.41) is 16.1. The average Bonchev–Trinajstić information content (AvgIpc) is 3.05. The number of nitriles is 1. The molecule has 1 N–H and O–H groups in total. The van der Waals surface area contributed by atoms with Gasteiger partial charge in [0.2, 0.25) is 0 Å². The van der Waals surface area contributed by atoms with Gasteiger partial charge in [-0.15, -0.1) is 23.1 Å². The van der Waals surface area contributed by atoms with Gasteiger partial charge in [0.15, 0.2) is 5.78 Å². The maximum atomic E-state index is 12.3. The van der Waals surface area contributed by atoms with Gasteiger partial charge in [-0.3, -0.25) is 4.79 Å². The quantitative estimate of drug-likeness (QED) is 0.767. The lowest BCUT2D eigenvalue weighted by Crippen LogP contribution is -2.26. The van der Waals surface area contributed by atoms with Crippen molar-refractivity contribution in [2.45, 2.75) is 32.4 Å². The van der Waals surface area contributed by atoms with Crippen LogP contribution in [0.2, 0.25) is 0 Å². The first-order valence-corrected chi connectivity index (χ1v) is 10.2. The molecule has 0 saturated heterocycles. The van der Waals surface area contributed by atoms with Crippen LogP contribution in [0.4, 0.5) is 0 Å². The zero-order valence-corrected chi connectivity index (χ0v) is 16.6. The van der Waals surface area contributed by atoms with E-state index in [4.69, 9.17) is 0 Å². The van der Waals surface area contributed by atoms with Gasteiger partial charge in [-0.1, -0.05) is 30.3 Å². The van der Waals surface area contributed by atoms with E-state index in [9.17, 15) is 10.1 Å². The Morgan fingerprint density at radius 1 is 1.27 bits per heavy atom. The number of carbonyl (C=O) groups excluding carboxylic acids is 1. The van der Waals surface area contributed by atoms with Crippen molar-refractivity contribution in [3.8, 4) is 6.07 Å². The van der Waals surface area contributed by atoms with Crippen LogP contribution in [0.5, 0.6) is 0 Å². The number of dihydropyridines is 1. The molecule has 0 spiro atoms. The Morgan fingerprint density at radius 2 is 2.00 bits per heavy atom. The Morgan fingerprint density at radius 3 is 2.58 bits per heavy atom. The number of nitrogens with zero attached hydrogens (tertiary/aromatic N) is 1. The van der Waals surface area contributed by atoms with Gasteiger partial charge in [0.25, 0.3) is 0 Å². The van der Waals surface area contributed by atoms with Crippen molar-refractivity contribution in [3.05, 3.63) is 79.7 Å². The van der Waals surface area contributed by atoms with E-state index in [0.717, 1.165) is 26.9 Å². The highest BCUT2D eigenvalue weighted by Crippen LogP contribution is 2.44. The van der Waals surface area contributed by atoms with Gasteiger partial charge in [0.1, 0.15) is 0 Å². The first-order chi connectivity index (χ1) is 12.5. The lowest BCUT2D eigenvalue weighted by atomic mass is 9.84. The second-order valence-corrected chi connectivity index (χ2v) is 8.18. The Labute approximate surface area is 162 Å². The molecule has 26 heavy (non-hydrogen) atoms. The van der Waals surface area contributed by atoms with Gasteiger partial charge in [0, 0.05) is 21.9 Å². The summed E-state index contributed by atoms with van der Waals surface area (Å²) in [5.41, 5.74) is 4.48. The molecule has 0 aliphatic carbocycles. The van der Waals surface area contributed by atoms with E-state index in [1.807, 2.05) is 43.5 Å². The average molecular weight is 381 g/mol. The summed E-state index contributed by atoms with van der Waals surface area (Å²) in [4.78, 5) is 13.4. The molecule has 1 aromatic heterocycles. The molecular formula is C21H20N2OS2. The summed E-state index contributed by atoms with van der Waals surface area (Å²) < 4.78 is 0. The standard InChI is InChI=1S/C21H20N2OS2/c1-13-9-10-25-20(13)19-17(11-22)21(23-14(2)18(19)15(3)24)26-12-16-7-5-4-6-8-16/h4-10,19,23H,12H2,1-3H3. The molecule has 1 atom stereocenters. The number of rotatable bonds is 5. The van der Waals surface area contributed by atoms with Gasteiger partial charge in [-0.05, 0) is 43.3 Å². The van der Waals surface area contributed by atoms with Gasteiger partial charge in [0.05, 0.1) is 22.6 Å². The number of aryl methyl sites for hydroxylation is 1. The molecule has 2 heterocycles. The number of allylic oxidation sites excluding steroid dienone is 3. The van der Waals surface area contributed by atoms with Crippen LogP contribution in [0.3, 0.4) is 0 Å². The first-order valence-electron chi connectivity index (χ1n) is 8.36. The van der Waals surface area contributed by atoms with Crippen molar-refractivity contribution >= 4 is 28.9 Å². The first kappa shape index (κ1) is 18.5. The molecule has 3 rings (SSSR count). The van der Waals surface area contributed by atoms with Crippen molar-refractivity contribution in [2.24, 2.45) is 0 Å². The number of thiophene rings is 1. The minimum atomic E-state index is -0.281. The van der Waals surface area contributed by atoms with Gasteiger partial charge >= 0.3 is 0 Å². The van der Waals surface area contributed by atoms with E-state index in [1.165, 1.54) is 5.56 Å². The summed E-state index contributed by atoms with van der Waals surface area (Å²) in [7, 11) is 0. The van der Waals surface area contributed by atoms with Crippen LogP contribution in [0.15, 0.2) is 63.7 Å². The molecule has 0 bridgehead atoms. The molecule has 1 aliphatic heterocycles. The lowest BCUT2D eigenvalue weighted by Gasteiger charge is -2.29. The van der Waals surface area contributed by atoms with Crippen LogP contribution in [0.25, 0.3) is 0 Å². The van der Waals surface area contributed by atoms with Crippen LogP contribution >= 0.6 is 23.1 Å². The predicted molar refractivity (Wildman–Crippen MR) is 109 cm³/mol. The second kappa shape index (κ2) is 7.94. The monoisotopic (exact) mass is 380 g/mol. The molecule has 0 radical (unpaired) electrons. The minimum absolute atomic E-state index is 0.00709. The van der Waals surface area contributed by atoms with Crippen molar-refractivity contribution in [2.75, 3.05) is 0 Å².